The minimum Gasteiger partial charge on any atom is -0.467 e. The van der Waals surface area contributed by atoms with Crippen LogP contribution in [-0.2, 0) is 16.6 Å². The highest BCUT2D eigenvalue weighted by atomic mass is 32.2. The Morgan fingerprint density at radius 1 is 1.40 bits per heavy atom. The van der Waals surface area contributed by atoms with Gasteiger partial charge >= 0.3 is 0 Å². The van der Waals surface area contributed by atoms with E-state index in [2.05, 4.69) is 0 Å². The van der Waals surface area contributed by atoms with Gasteiger partial charge in [0.25, 0.3) is 5.91 Å². The van der Waals surface area contributed by atoms with Crippen LogP contribution >= 0.6 is 0 Å². The first-order chi connectivity index (χ1) is 9.28. The van der Waals surface area contributed by atoms with E-state index < -0.39 is 15.9 Å². The molecule has 0 atom stereocenters. The van der Waals surface area contributed by atoms with Crippen molar-refractivity contribution in [1.29, 1.82) is 0 Å². The Morgan fingerprint density at radius 2 is 2.10 bits per heavy atom. The normalized spacial score (nSPS) is 11.6. The molecule has 0 saturated carbocycles. The van der Waals surface area contributed by atoms with Crippen LogP contribution in [0.15, 0.2) is 28.9 Å². The van der Waals surface area contributed by atoms with Crippen molar-refractivity contribution in [3.8, 4) is 0 Å². The standard InChI is InChI=1S/C13H16N2O4S/c1-9-7-12(13(16)14-20(3,17)18)10(2)15(9)8-11-5-4-6-19-11/h4-7H,8H2,1-3H3,(H,14,16). The van der Waals surface area contributed by atoms with Crippen LogP contribution in [-0.4, -0.2) is 25.1 Å². The predicted molar refractivity (Wildman–Crippen MR) is 74.0 cm³/mol. The quantitative estimate of drug-likeness (QED) is 0.925. The van der Waals surface area contributed by atoms with Gasteiger partial charge in [-0.15, -0.1) is 0 Å². The molecule has 20 heavy (non-hydrogen) atoms. The SMILES string of the molecule is Cc1cc(C(=O)NS(C)(=O)=O)c(C)n1Cc1ccco1. The van der Waals surface area contributed by atoms with Crippen molar-refractivity contribution in [3.63, 3.8) is 0 Å². The van der Waals surface area contributed by atoms with Gasteiger partial charge in [0.1, 0.15) is 5.76 Å². The van der Waals surface area contributed by atoms with E-state index >= 15 is 0 Å². The summed E-state index contributed by atoms with van der Waals surface area (Å²) in [5, 5.41) is 0. The van der Waals surface area contributed by atoms with E-state index in [0.717, 1.165) is 17.7 Å². The van der Waals surface area contributed by atoms with E-state index in [9.17, 15) is 13.2 Å². The number of carbonyl (C=O) groups excluding carboxylic acids is 1. The first-order valence-electron chi connectivity index (χ1n) is 5.99. The molecule has 2 aromatic rings. The van der Waals surface area contributed by atoms with Gasteiger partial charge in [-0.2, -0.15) is 0 Å². The lowest BCUT2D eigenvalue weighted by molar-refractivity contribution is 0.0981. The maximum absolute atomic E-state index is 11.9. The predicted octanol–water partition coefficient (Wildman–Crippen LogP) is 1.44. The van der Waals surface area contributed by atoms with Crippen LogP contribution in [0.4, 0.5) is 0 Å². The van der Waals surface area contributed by atoms with Crippen LogP contribution in [0.2, 0.25) is 0 Å². The van der Waals surface area contributed by atoms with Crippen molar-refractivity contribution >= 4 is 15.9 Å². The molecule has 0 fully saturated rings. The topological polar surface area (TPSA) is 81.3 Å². The number of hydrogen-bond donors (Lipinski definition) is 1. The number of nitrogens with zero attached hydrogens (tertiary/aromatic N) is 1. The van der Waals surface area contributed by atoms with Crippen molar-refractivity contribution in [2.45, 2.75) is 20.4 Å². The minimum absolute atomic E-state index is 0.347. The zero-order valence-corrected chi connectivity index (χ0v) is 12.3. The van der Waals surface area contributed by atoms with Gasteiger partial charge in [0, 0.05) is 11.4 Å². The zero-order valence-electron chi connectivity index (χ0n) is 11.5. The van der Waals surface area contributed by atoms with Gasteiger partial charge in [-0.05, 0) is 32.0 Å². The van der Waals surface area contributed by atoms with Crippen LogP contribution in [0.5, 0.6) is 0 Å². The van der Waals surface area contributed by atoms with Crippen molar-refractivity contribution in [2.75, 3.05) is 6.26 Å². The van der Waals surface area contributed by atoms with Gasteiger partial charge in [0.05, 0.1) is 24.6 Å². The van der Waals surface area contributed by atoms with Crippen molar-refractivity contribution in [2.24, 2.45) is 0 Å². The molecule has 0 aromatic carbocycles. The lowest BCUT2D eigenvalue weighted by atomic mass is 10.2. The van der Waals surface area contributed by atoms with Crippen molar-refractivity contribution < 1.29 is 17.6 Å². The number of aromatic nitrogens is 1. The summed E-state index contributed by atoms with van der Waals surface area (Å²) in [4.78, 5) is 11.9. The second-order valence-electron chi connectivity index (χ2n) is 4.65. The van der Waals surface area contributed by atoms with Gasteiger partial charge < -0.3 is 8.98 Å². The first kappa shape index (κ1) is 14.4. The Bertz CT molecular complexity index is 727. The van der Waals surface area contributed by atoms with Gasteiger partial charge in [-0.3, -0.25) is 4.79 Å². The second-order valence-corrected chi connectivity index (χ2v) is 6.40. The fraction of sp³-hybridized carbons (Fsp3) is 0.308. The number of furan rings is 1. The average molecular weight is 296 g/mol. The highest BCUT2D eigenvalue weighted by molar-refractivity contribution is 7.89. The molecule has 1 amide bonds. The van der Waals surface area contributed by atoms with E-state index in [-0.39, 0.29) is 0 Å². The molecule has 0 spiro atoms. The molecular formula is C13H16N2O4S. The molecule has 0 saturated heterocycles. The fourth-order valence-electron chi connectivity index (χ4n) is 2.06. The zero-order chi connectivity index (χ0) is 14.9. The molecule has 0 aliphatic carbocycles. The third-order valence-corrected chi connectivity index (χ3v) is 3.55. The van der Waals surface area contributed by atoms with Crippen LogP contribution in [0, 0.1) is 13.8 Å². The van der Waals surface area contributed by atoms with Crippen molar-refractivity contribution in [3.05, 3.63) is 47.2 Å². The molecule has 0 aliphatic rings. The minimum atomic E-state index is -3.57. The van der Waals surface area contributed by atoms with E-state index in [1.165, 1.54) is 0 Å². The Morgan fingerprint density at radius 3 is 2.65 bits per heavy atom. The maximum Gasteiger partial charge on any atom is 0.266 e. The Hall–Kier alpha value is -2.02. The van der Waals surface area contributed by atoms with E-state index in [4.69, 9.17) is 4.42 Å². The molecule has 6 nitrogen and oxygen atoms in total. The van der Waals surface area contributed by atoms with Gasteiger partial charge in [-0.1, -0.05) is 0 Å². The molecule has 0 unspecified atom stereocenters. The summed E-state index contributed by atoms with van der Waals surface area (Å²) in [6.45, 7) is 4.12. The number of nitrogens with one attached hydrogen (secondary N) is 1. The molecule has 0 bridgehead atoms. The number of aryl methyl sites for hydroxylation is 1. The lowest BCUT2D eigenvalue weighted by Gasteiger charge is -2.08. The van der Waals surface area contributed by atoms with Crippen molar-refractivity contribution in [1.82, 2.24) is 9.29 Å². The third-order valence-electron chi connectivity index (χ3n) is 2.99. The summed E-state index contributed by atoms with van der Waals surface area (Å²) >= 11 is 0. The summed E-state index contributed by atoms with van der Waals surface area (Å²) in [6.07, 6.45) is 2.54. The van der Waals surface area contributed by atoms with E-state index in [1.54, 1.807) is 25.3 Å². The molecule has 2 rings (SSSR count). The Labute approximate surface area is 117 Å². The summed E-state index contributed by atoms with van der Waals surface area (Å²) in [5.74, 6) is 0.146. The molecule has 0 radical (unpaired) electrons. The average Bonchev–Trinajstić information content (AvgIpc) is 2.90. The summed E-state index contributed by atoms with van der Waals surface area (Å²) < 4.78 is 31.4. The van der Waals surface area contributed by atoms with Gasteiger partial charge in [-0.25, -0.2) is 13.1 Å². The molecular weight excluding hydrogens is 280 g/mol. The van der Waals surface area contributed by atoms with Crippen LogP contribution < -0.4 is 4.72 Å². The smallest absolute Gasteiger partial charge is 0.266 e. The molecule has 7 heteroatoms. The van der Waals surface area contributed by atoms with E-state index in [1.807, 2.05) is 22.3 Å². The second kappa shape index (κ2) is 5.16. The first-order valence-corrected chi connectivity index (χ1v) is 7.88. The van der Waals surface area contributed by atoms with E-state index in [0.29, 0.717) is 17.8 Å². The number of carbonyl (C=O) groups is 1. The molecule has 108 valence electrons. The van der Waals surface area contributed by atoms with Crippen LogP contribution in [0.25, 0.3) is 0 Å². The number of sulfonamides is 1. The number of amides is 1. The highest BCUT2D eigenvalue weighted by Crippen LogP contribution is 2.17. The Balaban J connectivity index is 2.31. The number of rotatable bonds is 4. The van der Waals surface area contributed by atoms with Gasteiger partial charge in [0.15, 0.2) is 0 Å². The molecule has 2 aromatic heterocycles. The summed E-state index contributed by atoms with van der Waals surface area (Å²) in [5.41, 5.74) is 1.90. The fourth-order valence-corrected chi connectivity index (χ4v) is 2.50. The van der Waals surface area contributed by atoms with Gasteiger partial charge in [0.2, 0.25) is 10.0 Å². The van der Waals surface area contributed by atoms with Crippen LogP contribution in [0.1, 0.15) is 27.5 Å². The molecule has 0 aliphatic heterocycles. The third kappa shape index (κ3) is 3.11. The molecule has 1 N–H and O–H groups in total. The molecule has 2 heterocycles. The highest BCUT2D eigenvalue weighted by Gasteiger charge is 2.18. The number of hydrogen-bond acceptors (Lipinski definition) is 4. The monoisotopic (exact) mass is 296 g/mol. The summed E-state index contributed by atoms with van der Waals surface area (Å²) in [7, 11) is -3.57. The largest absolute Gasteiger partial charge is 0.467 e. The summed E-state index contributed by atoms with van der Waals surface area (Å²) in [6, 6.07) is 5.30. The van der Waals surface area contributed by atoms with Crippen LogP contribution in [0.3, 0.4) is 0 Å². The lowest BCUT2D eigenvalue weighted by Crippen LogP contribution is -2.29. The maximum atomic E-state index is 11.9. The Kier molecular flexibility index (Phi) is 3.71.